The Labute approximate surface area is 152 Å². The lowest BCUT2D eigenvalue weighted by molar-refractivity contribution is -0.123. The van der Waals surface area contributed by atoms with Crippen molar-refractivity contribution >= 4 is 28.8 Å². The number of nitrogens with zero attached hydrogens (tertiary/aromatic N) is 4. The summed E-state index contributed by atoms with van der Waals surface area (Å²) in [6.45, 7) is -0.997. The molecule has 4 atom stereocenters. The van der Waals surface area contributed by atoms with E-state index in [1.165, 1.54) is 17.2 Å². The summed E-state index contributed by atoms with van der Waals surface area (Å²) in [6.07, 6.45) is -2.07. The fourth-order valence-corrected chi connectivity index (χ4v) is 2.67. The van der Waals surface area contributed by atoms with Gasteiger partial charge in [0.25, 0.3) is 0 Å². The second kappa shape index (κ2) is 7.89. The third-order valence-electron chi connectivity index (χ3n) is 4.04. The predicted octanol–water partition coefficient (Wildman–Crippen LogP) is -3.55. The molecule has 13 nitrogen and oxygen atoms in total. The molecule has 1 aliphatic rings. The Kier molecular flexibility index (Phi) is 5.57. The number of hydrogen-bond donors (Lipinski definition) is 6. The summed E-state index contributed by atoms with van der Waals surface area (Å²) in [4.78, 5) is 35.2. The standard InChI is InChI=1S/C14H19N7O6/c15-1-7(23)16-2-8(24)20-12-9-13(18-4-17-12)21(5-19-9)14-11(26)10(25)6(3-22)27-14/h4-6,10-11,14,22,25-26H,1-3,15H2,(H,16,23)(H,17,18,20,24)/t6-,10-,11-,14-/m1/s1. The topological polar surface area (TPSA) is 198 Å². The molecule has 3 heterocycles. The second-order valence-corrected chi connectivity index (χ2v) is 5.80. The first kappa shape index (κ1) is 19.1. The molecule has 2 aromatic rings. The molecular weight excluding hydrogens is 362 g/mol. The first-order chi connectivity index (χ1) is 13.0. The van der Waals surface area contributed by atoms with Gasteiger partial charge in [-0.1, -0.05) is 0 Å². The number of hydrogen-bond acceptors (Lipinski definition) is 10. The summed E-state index contributed by atoms with van der Waals surface area (Å²) in [5, 5.41) is 34.1. The van der Waals surface area contributed by atoms with E-state index in [1.807, 2.05) is 0 Å². The quantitative estimate of drug-likeness (QED) is 0.291. The highest BCUT2D eigenvalue weighted by molar-refractivity contribution is 5.99. The lowest BCUT2D eigenvalue weighted by Crippen LogP contribution is -2.36. The maximum Gasteiger partial charge on any atom is 0.244 e. The van der Waals surface area contributed by atoms with Crippen LogP contribution in [0.5, 0.6) is 0 Å². The van der Waals surface area contributed by atoms with E-state index >= 15 is 0 Å². The van der Waals surface area contributed by atoms with Crippen LogP contribution in [0.25, 0.3) is 11.2 Å². The monoisotopic (exact) mass is 381 g/mol. The summed E-state index contributed by atoms with van der Waals surface area (Å²) in [5.41, 5.74) is 5.60. The molecule has 0 unspecified atom stereocenters. The minimum atomic E-state index is -1.31. The Hall–Kier alpha value is -2.71. The van der Waals surface area contributed by atoms with E-state index < -0.39 is 43.0 Å². The third-order valence-corrected chi connectivity index (χ3v) is 4.04. The van der Waals surface area contributed by atoms with Crippen molar-refractivity contribution in [3.05, 3.63) is 12.7 Å². The smallest absolute Gasteiger partial charge is 0.244 e. The van der Waals surface area contributed by atoms with E-state index in [2.05, 4.69) is 25.6 Å². The average Bonchev–Trinajstić information content (AvgIpc) is 3.22. The SMILES string of the molecule is NCC(=O)NCC(=O)Nc1ncnc2c1ncn2[C@@H]1O[C@H](CO)[C@@H](O)[C@H]1O. The fourth-order valence-electron chi connectivity index (χ4n) is 2.67. The molecule has 2 amide bonds. The molecule has 0 aromatic carbocycles. The van der Waals surface area contributed by atoms with Gasteiger partial charge in [0.15, 0.2) is 23.2 Å². The van der Waals surface area contributed by atoms with Gasteiger partial charge in [-0.15, -0.1) is 0 Å². The Bertz CT molecular complexity index is 842. The van der Waals surface area contributed by atoms with E-state index in [-0.39, 0.29) is 30.1 Å². The van der Waals surface area contributed by atoms with Crippen LogP contribution in [0, 0.1) is 0 Å². The fraction of sp³-hybridized carbons (Fsp3) is 0.500. The number of carbonyl (C=O) groups excluding carboxylic acids is 2. The van der Waals surface area contributed by atoms with Crippen LogP contribution >= 0.6 is 0 Å². The molecule has 1 saturated heterocycles. The van der Waals surface area contributed by atoms with E-state index in [0.717, 1.165) is 0 Å². The van der Waals surface area contributed by atoms with Crippen molar-refractivity contribution in [3.8, 4) is 0 Å². The van der Waals surface area contributed by atoms with Crippen molar-refractivity contribution in [2.75, 3.05) is 25.0 Å². The maximum atomic E-state index is 11.9. The summed E-state index contributed by atoms with van der Waals surface area (Å²) >= 11 is 0. The molecule has 0 bridgehead atoms. The number of ether oxygens (including phenoxy) is 1. The number of aliphatic hydroxyl groups excluding tert-OH is 3. The molecule has 2 aromatic heterocycles. The third kappa shape index (κ3) is 3.72. The number of amides is 2. The zero-order valence-corrected chi connectivity index (χ0v) is 14.0. The highest BCUT2D eigenvalue weighted by Gasteiger charge is 2.44. The van der Waals surface area contributed by atoms with Crippen LogP contribution in [0.4, 0.5) is 5.82 Å². The number of nitrogens with one attached hydrogen (secondary N) is 2. The van der Waals surface area contributed by atoms with E-state index in [9.17, 15) is 24.9 Å². The summed E-state index contributed by atoms with van der Waals surface area (Å²) in [7, 11) is 0. The number of anilines is 1. The highest BCUT2D eigenvalue weighted by Crippen LogP contribution is 2.31. The van der Waals surface area contributed by atoms with Crippen molar-refractivity contribution in [2.24, 2.45) is 5.73 Å². The molecule has 1 aliphatic heterocycles. The van der Waals surface area contributed by atoms with Gasteiger partial charge >= 0.3 is 0 Å². The van der Waals surface area contributed by atoms with Gasteiger partial charge in [-0.05, 0) is 0 Å². The largest absolute Gasteiger partial charge is 0.394 e. The number of aliphatic hydroxyl groups is 3. The van der Waals surface area contributed by atoms with Crippen LogP contribution in [0.15, 0.2) is 12.7 Å². The number of carbonyl (C=O) groups is 2. The van der Waals surface area contributed by atoms with E-state index in [0.29, 0.717) is 0 Å². The van der Waals surface area contributed by atoms with Gasteiger partial charge in [-0.3, -0.25) is 14.2 Å². The maximum absolute atomic E-state index is 11.9. The lowest BCUT2D eigenvalue weighted by atomic mass is 10.1. The van der Waals surface area contributed by atoms with Crippen LogP contribution in [-0.4, -0.2) is 84.7 Å². The Morgan fingerprint density at radius 2 is 2.00 bits per heavy atom. The molecule has 0 spiro atoms. The van der Waals surface area contributed by atoms with Crippen LogP contribution in [0.1, 0.15) is 6.23 Å². The number of aromatic nitrogens is 4. The van der Waals surface area contributed by atoms with E-state index in [4.69, 9.17) is 10.5 Å². The minimum Gasteiger partial charge on any atom is -0.394 e. The van der Waals surface area contributed by atoms with Crippen LogP contribution < -0.4 is 16.4 Å². The number of imidazole rings is 1. The molecule has 0 radical (unpaired) electrons. The summed E-state index contributed by atoms with van der Waals surface area (Å²) < 4.78 is 6.82. The first-order valence-corrected chi connectivity index (χ1v) is 8.02. The lowest BCUT2D eigenvalue weighted by Gasteiger charge is -2.16. The zero-order chi connectivity index (χ0) is 19.6. The highest BCUT2D eigenvalue weighted by atomic mass is 16.6. The average molecular weight is 381 g/mol. The molecular formula is C14H19N7O6. The van der Waals surface area contributed by atoms with Gasteiger partial charge < -0.3 is 36.4 Å². The van der Waals surface area contributed by atoms with Crippen LogP contribution in [0.2, 0.25) is 0 Å². The number of rotatable bonds is 6. The summed E-state index contributed by atoms with van der Waals surface area (Å²) in [6, 6.07) is 0. The van der Waals surface area contributed by atoms with Crippen molar-refractivity contribution in [1.82, 2.24) is 24.8 Å². The van der Waals surface area contributed by atoms with Crippen LogP contribution in [0.3, 0.4) is 0 Å². The zero-order valence-electron chi connectivity index (χ0n) is 14.0. The summed E-state index contributed by atoms with van der Waals surface area (Å²) in [5.74, 6) is -0.927. The van der Waals surface area contributed by atoms with Crippen molar-refractivity contribution in [2.45, 2.75) is 24.5 Å². The molecule has 0 aliphatic carbocycles. The number of nitrogens with two attached hydrogens (primary N) is 1. The van der Waals surface area contributed by atoms with Crippen molar-refractivity contribution in [3.63, 3.8) is 0 Å². The molecule has 1 fully saturated rings. The van der Waals surface area contributed by atoms with Crippen molar-refractivity contribution in [1.29, 1.82) is 0 Å². The molecule has 3 rings (SSSR count). The predicted molar refractivity (Wildman–Crippen MR) is 89.0 cm³/mol. The Balaban J connectivity index is 1.81. The van der Waals surface area contributed by atoms with Crippen molar-refractivity contribution < 1.29 is 29.6 Å². The van der Waals surface area contributed by atoms with Crippen LogP contribution in [-0.2, 0) is 14.3 Å². The van der Waals surface area contributed by atoms with Gasteiger partial charge in [-0.2, -0.15) is 0 Å². The normalized spacial score (nSPS) is 24.9. The van der Waals surface area contributed by atoms with Gasteiger partial charge in [-0.25, -0.2) is 15.0 Å². The van der Waals surface area contributed by atoms with Gasteiger partial charge in [0.05, 0.1) is 26.0 Å². The molecule has 27 heavy (non-hydrogen) atoms. The van der Waals surface area contributed by atoms with Gasteiger partial charge in [0.2, 0.25) is 11.8 Å². The molecule has 7 N–H and O–H groups in total. The molecule has 13 heteroatoms. The van der Waals surface area contributed by atoms with Gasteiger partial charge in [0.1, 0.15) is 24.6 Å². The number of fused-ring (bicyclic) bond motifs is 1. The molecule has 0 saturated carbocycles. The van der Waals surface area contributed by atoms with E-state index in [1.54, 1.807) is 0 Å². The Morgan fingerprint density at radius 3 is 2.67 bits per heavy atom. The van der Waals surface area contributed by atoms with Gasteiger partial charge in [0, 0.05) is 0 Å². The Morgan fingerprint density at radius 1 is 1.22 bits per heavy atom. The first-order valence-electron chi connectivity index (χ1n) is 8.02. The second-order valence-electron chi connectivity index (χ2n) is 5.80. The molecule has 146 valence electrons. The minimum absolute atomic E-state index is 0.0949.